The summed E-state index contributed by atoms with van der Waals surface area (Å²) in [6, 6.07) is 8.72. The van der Waals surface area contributed by atoms with Gasteiger partial charge in [-0.3, -0.25) is 15.0 Å². The molecule has 2 heterocycles. The van der Waals surface area contributed by atoms with Crippen molar-refractivity contribution < 1.29 is 10.0 Å². The van der Waals surface area contributed by atoms with E-state index in [1.165, 1.54) is 12.1 Å². The Morgan fingerprint density at radius 1 is 1.14 bits per heavy atom. The summed E-state index contributed by atoms with van der Waals surface area (Å²) in [7, 11) is 0. The maximum Gasteiger partial charge on any atom is 0.269 e. The Kier molecular flexibility index (Phi) is 5.73. The number of hydrogen-bond donors (Lipinski definition) is 1. The molecule has 1 N–H and O–H groups in total. The Balaban J connectivity index is 1.52. The summed E-state index contributed by atoms with van der Waals surface area (Å²) in [6.07, 6.45) is 3.70. The molecule has 8 nitrogen and oxygen atoms in total. The lowest BCUT2D eigenvalue weighted by Gasteiger charge is -2.39. The van der Waals surface area contributed by atoms with Crippen molar-refractivity contribution in [3.8, 4) is 11.4 Å². The lowest BCUT2D eigenvalue weighted by atomic mass is 10.1. The van der Waals surface area contributed by atoms with Gasteiger partial charge in [-0.15, -0.1) is 0 Å². The van der Waals surface area contributed by atoms with Crippen LogP contribution in [0, 0.1) is 10.1 Å². The highest BCUT2D eigenvalue weighted by atomic mass is 16.6. The molecule has 2 aliphatic rings. The maximum atomic E-state index is 10.9. The van der Waals surface area contributed by atoms with Crippen molar-refractivity contribution in [2.75, 3.05) is 31.1 Å². The number of nitro groups is 1. The largest absolute Gasteiger partial charge is 0.391 e. The van der Waals surface area contributed by atoms with Gasteiger partial charge in [0.1, 0.15) is 5.82 Å². The number of rotatable bonds is 5. The first-order chi connectivity index (χ1) is 14.0. The van der Waals surface area contributed by atoms with Gasteiger partial charge < -0.3 is 10.0 Å². The summed E-state index contributed by atoms with van der Waals surface area (Å²) in [6.45, 7) is 5.62. The van der Waals surface area contributed by atoms with Gasteiger partial charge in [0, 0.05) is 61.7 Å². The Labute approximate surface area is 170 Å². The Hall–Kier alpha value is -2.58. The summed E-state index contributed by atoms with van der Waals surface area (Å²) in [4.78, 5) is 24.6. The SMILES string of the molecule is CCc1cc(N2CCN([C@H]3CCC[C@H]3O)CC2)nc(-c2ccc([N+](=O)[O-])cc2)n1. The van der Waals surface area contributed by atoms with Crippen molar-refractivity contribution in [2.24, 2.45) is 0 Å². The van der Waals surface area contributed by atoms with Crippen LogP contribution in [-0.2, 0) is 6.42 Å². The average Bonchev–Trinajstić information content (AvgIpc) is 3.19. The van der Waals surface area contributed by atoms with Crippen LogP contribution in [0.4, 0.5) is 11.5 Å². The normalized spacial score (nSPS) is 22.8. The topological polar surface area (TPSA) is 95.6 Å². The summed E-state index contributed by atoms with van der Waals surface area (Å²) in [5, 5.41) is 21.1. The summed E-state index contributed by atoms with van der Waals surface area (Å²) < 4.78 is 0. The first kappa shape index (κ1) is 19.7. The van der Waals surface area contributed by atoms with Gasteiger partial charge in [-0.05, 0) is 37.8 Å². The molecular formula is C21H27N5O3. The van der Waals surface area contributed by atoms with Crippen molar-refractivity contribution in [1.29, 1.82) is 0 Å². The Bertz CT molecular complexity index is 865. The number of aromatic nitrogens is 2. The minimum absolute atomic E-state index is 0.0610. The minimum Gasteiger partial charge on any atom is -0.391 e. The van der Waals surface area contributed by atoms with E-state index in [2.05, 4.69) is 21.7 Å². The van der Waals surface area contributed by atoms with Gasteiger partial charge in [0.15, 0.2) is 5.82 Å². The maximum absolute atomic E-state index is 10.9. The fraction of sp³-hybridized carbons (Fsp3) is 0.524. The molecule has 2 atom stereocenters. The van der Waals surface area contributed by atoms with E-state index in [0.717, 1.165) is 68.9 Å². The van der Waals surface area contributed by atoms with Crippen LogP contribution in [0.15, 0.2) is 30.3 Å². The molecule has 29 heavy (non-hydrogen) atoms. The number of aliphatic hydroxyl groups is 1. The predicted molar refractivity (Wildman–Crippen MR) is 111 cm³/mol. The molecule has 1 aliphatic carbocycles. The summed E-state index contributed by atoms with van der Waals surface area (Å²) in [5.74, 6) is 1.50. The highest BCUT2D eigenvalue weighted by Gasteiger charge is 2.32. The first-order valence-electron chi connectivity index (χ1n) is 10.3. The molecule has 1 aromatic carbocycles. The number of non-ortho nitro benzene ring substituents is 1. The van der Waals surface area contributed by atoms with Crippen molar-refractivity contribution in [3.63, 3.8) is 0 Å². The molecule has 0 bridgehead atoms. The van der Waals surface area contributed by atoms with Crippen LogP contribution in [0.5, 0.6) is 0 Å². The van der Waals surface area contributed by atoms with Crippen molar-refractivity contribution in [3.05, 3.63) is 46.1 Å². The number of nitrogens with zero attached hydrogens (tertiary/aromatic N) is 5. The van der Waals surface area contributed by atoms with Crippen LogP contribution in [0.3, 0.4) is 0 Å². The monoisotopic (exact) mass is 397 g/mol. The number of nitro benzene ring substituents is 1. The van der Waals surface area contributed by atoms with Crippen LogP contribution in [0.2, 0.25) is 0 Å². The van der Waals surface area contributed by atoms with Crippen molar-refractivity contribution in [2.45, 2.75) is 44.8 Å². The van der Waals surface area contributed by atoms with Crippen LogP contribution in [0.1, 0.15) is 31.9 Å². The van der Waals surface area contributed by atoms with E-state index in [4.69, 9.17) is 4.98 Å². The smallest absolute Gasteiger partial charge is 0.269 e. The molecule has 1 aliphatic heterocycles. The number of benzene rings is 1. The van der Waals surface area contributed by atoms with Gasteiger partial charge in [-0.2, -0.15) is 0 Å². The van der Waals surface area contributed by atoms with E-state index >= 15 is 0 Å². The third kappa shape index (κ3) is 4.23. The Morgan fingerprint density at radius 2 is 1.86 bits per heavy atom. The fourth-order valence-corrected chi connectivity index (χ4v) is 4.32. The number of aliphatic hydroxyl groups excluding tert-OH is 1. The van der Waals surface area contributed by atoms with Crippen molar-refractivity contribution in [1.82, 2.24) is 14.9 Å². The van der Waals surface area contributed by atoms with Crippen LogP contribution in [0.25, 0.3) is 11.4 Å². The molecule has 4 rings (SSSR count). The van der Waals surface area contributed by atoms with Gasteiger partial charge in [0.2, 0.25) is 0 Å². The predicted octanol–water partition coefficient (Wildman–Crippen LogP) is 2.65. The molecule has 2 aromatic rings. The molecule has 154 valence electrons. The lowest BCUT2D eigenvalue weighted by molar-refractivity contribution is -0.384. The van der Waals surface area contributed by atoms with Crippen molar-refractivity contribution >= 4 is 11.5 Å². The van der Waals surface area contributed by atoms with E-state index in [9.17, 15) is 15.2 Å². The Morgan fingerprint density at radius 3 is 2.45 bits per heavy atom. The van der Waals surface area contributed by atoms with E-state index < -0.39 is 4.92 Å². The van der Waals surface area contributed by atoms with Crippen LogP contribution >= 0.6 is 0 Å². The van der Waals surface area contributed by atoms with E-state index in [1.54, 1.807) is 12.1 Å². The van der Waals surface area contributed by atoms with Gasteiger partial charge in [-0.25, -0.2) is 9.97 Å². The molecule has 8 heteroatoms. The summed E-state index contributed by atoms with van der Waals surface area (Å²) >= 11 is 0. The quantitative estimate of drug-likeness (QED) is 0.612. The molecule has 0 spiro atoms. The second-order valence-corrected chi connectivity index (χ2v) is 7.79. The number of anilines is 1. The van der Waals surface area contributed by atoms with Crippen LogP contribution < -0.4 is 4.90 Å². The van der Waals surface area contributed by atoms with Gasteiger partial charge in [0.05, 0.1) is 11.0 Å². The van der Waals surface area contributed by atoms with Gasteiger partial charge in [-0.1, -0.05) is 6.92 Å². The molecule has 0 amide bonds. The standard InChI is InChI=1S/C21H27N5O3/c1-2-16-14-20(23-21(22-16)15-6-8-17(9-7-15)26(28)29)25-12-10-24(11-13-25)18-4-3-5-19(18)27/h6-9,14,18-19,27H,2-5,10-13H2,1H3/t18-,19+/m0/s1. The molecule has 0 unspecified atom stereocenters. The molecule has 1 saturated carbocycles. The van der Waals surface area contributed by atoms with E-state index in [-0.39, 0.29) is 11.8 Å². The fourth-order valence-electron chi connectivity index (χ4n) is 4.32. The van der Waals surface area contributed by atoms with E-state index in [1.807, 2.05) is 6.07 Å². The molecule has 1 aromatic heterocycles. The number of piperazine rings is 1. The minimum atomic E-state index is -0.403. The number of hydrogen-bond acceptors (Lipinski definition) is 7. The lowest BCUT2D eigenvalue weighted by Crippen LogP contribution is -2.52. The zero-order valence-corrected chi connectivity index (χ0v) is 16.7. The second-order valence-electron chi connectivity index (χ2n) is 7.79. The van der Waals surface area contributed by atoms with E-state index in [0.29, 0.717) is 11.9 Å². The molecular weight excluding hydrogens is 370 g/mol. The molecule has 0 radical (unpaired) electrons. The zero-order valence-electron chi connectivity index (χ0n) is 16.7. The highest BCUT2D eigenvalue weighted by molar-refractivity contribution is 5.60. The average molecular weight is 397 g/mol. The third-order valence-corrected chi connectivity index (χ3v) is 6.02. The second kappa shape index (κ2) is 8.42. The molecule has 1 saturated heterocycles. The number of aryl methyl sites for hydroxylation is 1. The third-order valence-electron chi connectivity index (χ3n) is 6.02. The zero-order chi connectivity index (χ0) is 20.4. The summed E-state index contributed by atoms with van der Waals surface area (Å²) in [5.41, 5.74) is 1.79. The van der Waals surface area contributed by atoms with Gasteiger partial charge in [0.25, 0.3) is 5.69 Å². The highest BCUT2D eigenvalue weighted by Crippen LogP contribution is 2.27. The first-order valence-corrected chi connectivity index (χ1v) is 10.3. The van der Waals surface area contributed by atoms with Crippen LogP contribution in [-0.4, -0.2) is 63.2 Å². The van der Waals surface area contributed by atoms with Gasteiger partial charge >= 0.3 is 0 Å². The molecule has 2 fully saturated rings.